The summed E-state index contributed by atoms with van der Waals surface area (Å²) in [5.41, 5.74) is 7.78. The molecule has 0 radical (unpaired) electrons. The van der Waals surface area contributed by atoms with E-state index in [2.05, 4.69) is 26.9 Å². The smallest absolute Gasteiger partial charge is 0.0594 e. The number of nitrogen functional groups attached to an aromatic ring is 1. The van der Waals surface area contributed by atoms with E-state index < -0.39 is 0 Å². The molecule has 0 spiro atoms. The lowest BCUT2D eigenvalue weighted by Crippen LogP contribution is -2.35. The third kappa shape index (κ3) is 2.93. The Morgan fingerprint density at radius 1 is 1.33 bits per heavy atom. The van der Waals surface area contributed by atoms with Crippen LogP contribution in [0.5, 0.6) is 0 Å². The summed E-state index contributed by atoms with van der Waals surface area (Å²) in [4.78, 5) is 2.39. The Bertz CT molecular complexity index is 337. The van der Waals surface area contributed by atoms with Gasteiger partial charge in [0.2, 0.25) is 0 Å². The third-order valence-corrected chi connectivity index (χ3v) is 3.31. The lowest BCUT2D eigenvalue weighted by molar-refractivity contribution is 0.0341. The van der Waals surface area contributed by atoms with Crippen molar-refractivity contribution in [1.82, 2.24) is 4.90 Å². The number of ether oxygens (including phenoxy) is 1. The summed E-state index contributed by atoms with van der Waals surface area (Å²) in [6, 6.07) is 5.98. The maximum absolute atomic E-state index is 5.70. The summed E-state index contributed by atoms with van der Waals surface area (Å²) in [6.07, 6.45) is 0. The van der Waals surface area contributed by atoms with Gasteiger partial charge < -0.3 is 10.5 Å². The standard InChI is InChI=1S/C11H15BrN2O/c12-11-7-10(13)2-1-9(11)8-14-3-5-15-6-4-14/h1-2,7H,3-6,8,13H2. The van der Waals surface area contributed by atoms with E-state index in [1.807, 2.05) is 12.1 Å². The number of anilines is 1. The molecular formula is C11H15BrN2O. The van der Waals surface area contributed by atoms with E-state index in [0.29, 0.717) is 0 Å². The zero-order chi connectivity index (χ0) is 10.7. The first-order valence-electron chi connectivity index (χ1n) is 5.10. The monoisotopic (exact) mass is 270 g/mol. The van der Waals surface area contributed by atoms with Crippen LogP contribution in [0, 0.1) is 0 Å². The fraction of sp³-hybridized carbons (Fsp3) is 0.455. The van der Waals surface area contributed by atoms with Crippen molar-refractivity contribution in [3.05, 3.63) is 28.2 Å². The SMILES string of the molecule is Nc1ccc(CN2CCOCC2)c(Br)c1. The van der Waals surface area contributed by atoms with Crippen molar-refractivity contribution in [2.45, 2.75) is 6.54 Å². The van der Waals surface area contributed by atoms with Gasteiger partial charge in [-0.15, -0.1) is 0 Å². The summed E-state index contributed by atoms with van der Waals surface area (Å²) in [6.45, 7) is 4.66. The van der Waals surface area contributed by atoms with Gasteiger partial charge in [-0.05, 0) is 17.7 Å². The highest BCUT2D eigenvalue weighted by Crippen LogP contribution is 2.21. The quantitative estimate of drug-likeness (QED) is 0.834. The average molecular weight is 271 g/mol. The van der Waals surface area contributed by atoms with E-state index in [-0.39, 0.29) is 0 Å². The highest BCUT2D eigenvalue weighted by molar-refractivity contribution is 9.10. The van der Waals surface area contributed by atoms with Gasteiger partial charge in [0.25, 0.3) is 0 Å². The molecule has 1 heterocycles. The van der Waals surface area contributed by atoms with E-state index in [1.54, 1.807) is 0 Å². The summed E-state index contributed by atoms with van der Waals surface area (Å²) < 4.78 is 6.41. The van der Waals surface area contributed by atoms with E-state index in [9.17, 15) is 0 Å². The fourth-order valence-electron chi connectivity index (χ4n) is 1.69. The van der Waals surface area contributed by atoms with Crippen molar-refractivity contribution in [2.24, 2.45) is 0 Å². The van der Waals surface area contributed by atoms with Crippen molar-refractivity contribution in [3.63, 3.8) is 0 Å². The largest absolute Gasteiger partial charge is 0.399 e. The van der Waals surface area contributed by atoms with Crippen LogP contribution in [0.2, 0.25) is 0 Å². The summed E-state index contributed by atoms with van der Waals surface area (Å²) in [7, 11) is 0. The number of nitrogens with zero attached hydrogens (tertiary/aromatic N) is 1. The predicted molar refractivity (Wildman–Crippen MR) is 64.7 cm³/mol. The van der Waals surface area contributed by atoms with Gasteiger partial charge in [-0.1, -0.05) is 22.0 Å². The Morgan fingerprint density at radius 2 is 2.07 bits per heavy atom. The predicted octanol–water partition coefficient (Wildman–Crippen LogP) is 1.86. The van der Waals surface area contributed by atoms with Gasteiger partial charge in [-0.25, -0.2) is 0 Å². The van der Waals surface area contributed by atoms with Gasteiger partial charge in [0.1, 0.15) is 0 Å². The normalized spacial score (nSPS) is 17.9. The highest BCUT2D eigenvalue weighted by atomic mass is 79.9. The molecule has 1 aromatic carbocycles. The van der Waals surface area contributed by atoms with Crippen molar-refractivity contribution < 1.29 is 4.74 Å². The van der Waals surface area contributed by atoms with Gasteiger partial charge in [-0.2, -0.15) is 0 Å². The van der Waals surface area contributed by atoms with Crippen LogP contribution in [0.4, 0.5) is 5.69 Å². The van der Waals surface area contributed by atoms with Crippen LogP contribution in [-0.2, 0) is 11.3 Å². The molecule has 0 aromatic heterocycles. The average Bonchev–Trinajstić information content (AvgIpc) is 2.24. The molecule has 15 heavy (non-hydrogen) atoms. The van der Waals surface area contributed by atoms with Crippen LogP contribution in [-0.4, -0.2) is 31.2 Å². The summed E-state index contributed by atoms with van der Waals surface area (Å²) in [5.74, 6) is 0. The van der Waals surface area contributed by atoms with Gasteiger partial charge in [0.05, 0.1) is 13.2 Å². The number of nitrogens with two attached hydrogens (primary N) is 1. The first kappa shape index (κ1) is 10.9. The molecule has 2 rings (SSSR count). The van der Waals surface area contributed by atoms with E-state index in [0.717, 1.165) is 43.0 Å². The fourth-order valence-corrected chi connectivity index (χ4v) is 2.21. The van der Waals surface area contributed by atoms with Crippen molar-refractivity contribution >= 4 is 21.6 Å². The van der Waals surface area contributed by atoms with Crippen LogP contribution in [0.1, 0.15) is 5.56 Å². The van der Waals surface area contributed by atoms with Crippen LogP contribution in [0.15, 0.2) is 22.7 Å². The molecule has 0 aliphatic carbocycles. The Labute approximate surface area is 98.3 Å². The van der Waals surface area contributed by atoms with Gasteiger partial charge in [-0.3, -0.25) is 4.90 Å². The molecule has 4 heteroatoms. The minimum atomic E-state index is 0.799. The maximum atomic E-state index is 5.70. The molecule has 0 saturated carbocycles. The number of morpholine rings is 1. The maximum Gasteiger partial charge on any atom is 0.0594 e. The molecule has 3 nitrogen and oxygen atoms in total. The van der Waals surface area contributed by atoms with E-state index in [4.69, 9.17) is 10.5 Å². The lowest BCUT2D eigenvalue weighted by Gasteiger charge is -2.26. The van der Waals surface area contributed by atoms with Crippen molar-refractivity contribution in [1.29, 1.82) is 0 Å². The van der Waals surface area contributed by atoms with Crippen LogP contribution < -0.4 is 5.73 Å². The highest BCUT2D eigenvalue weighted by Gasteiger charge is 2.11. The molecule has 1 fully saturated rings. The molecule has 1 aromatic rings. The third-order valence-electron chi connectivity index (χ3n) is 2.57. The summed E-state index contributed by atoms with van der Waals surface area (Å²) in [5, 5.41) is 0. The molecule has 2 N–H and O–H groups in total. The summed E-state index contributed by atoms with van der Waals surface area (Å²) >= 11 is 3.54. The minimum Gasteiger partial charge on any atom is -0.399 e. The molecule has 82 valence electrons. The molecule has 1 aliphatic rings. The molecule has 0 amide bonds. The first-order chi connectivity index (χ1) is 7.25. The second kappa shape index (κ2) is 4.96. The van der Waals surface area contributed by atoms with Crippen molar-refractivity contribution in [3.8, 4) is 0 Å². The zero-order valence-electron chi connectivity index (χ0n) is 8.58. The second-order valence-electron chi connectivity index (χ2n) is 3.74. The second-order valence-corrected chi connectivity index (χ2v) is 4.59. The molecule has 1 saturated heterocycles. The van der Waals surface area contributed by atoms with Crippen LogP contribution >= 0.6 is 15.9 Å². The van der Waals surface area contributed by atoms with Crippen LogP contribution in [0.3, 0.4) is 0 Å². The van der Waals surface area contributed by atoms with E-state index in [1.165, 1.54) is 5.56 Å². The Hall–Kier alpha value is -0.580. The van der Waals surface area contributed by atoms with Gasteiger partial charge in [0, 0.05) is 29.8 Å². The molecule has 0 unspecified atom stereocenters. The van der Waals surface area contributed by atoms with Crippen molar-refractivity contribution in [2.75, 3.05) is 32.0 Å². The lowest BCUT2D eigenvalue weighted by atomic mass is 10.2. The molecule has 0 bridgehead atoms. The molecule has 1 aliphatic heterocycles. The number of hydrogen-bond donors (Lipinski definition) is 1. The number of benzene rings is 1. The molecular weight excluding hydrogens is 256 g/mol. The Morgan fingerprint density at radius 3 is 2.73 bits per heavy atom. The Balaban J connectivity index is 2.03. The zero-order valence-corrected chi connectivity index (χ0v) is 10.2. The van der Waals surface area contributed by atoms with E-state index >= 15 is 0 Å². The van der Waals surface area contributed by atoms with Crippen LogP contribution in [0.25, 0.3) is 0 Å². The van der Waals surface area contributed by atoms with Gasteiger partial charge in [0.15, 0.2) is 0 Å². The first-order valence-corrected chi connectivity index (χ1v) is 5.89. The topological polar surface area (TPSA) is 38.5 Å². The minimum absolute atomic E-state index is 0.799. The number of hydrogen-bond acceptors (Lipinski definition) is 3. The Kier molecular flexibility index (Phi) is 3.61. The number of halogens is 1. The molecule has 0 atom stereocenters. The number of rotatable bonds is 2. The van der Waals surface area contributed by atoms with Gasteiger partial charge >= 0.3 is 0 Å².